The minimum absolute atomic E-state index is 0. The van der Waals surface area contributed by atoms with Gasteiger partial charge in [-0.3, -0.25) is 9.59 Å². The lowest BCUT2D eigenvalue weighted by atomic mass is 10.1. The molecule has 1 aromatic rings. The third kappa shape index (κ3) is 8.12. The summed E-state index contributed by atoms with van der Waals surface area (Å²) < 4.78 is 0. The van der Waals surface area contributed by atoms with Crippen LogP contribution in [0.3, 0.4) is 0 Å². The van der Waals surface area contributed by atoms with Crippen LogP contribution in [0.4, 0.5) is 5.69 Å². The number of benzene rings is 1. The van der Waals surface area contributed by atoms with Crippen LogP contribution in [-0.2, 0) is 16.1 Å². The quantitative estimate of drug-likeness (QED) is 0.722. The van der Waals surface area contributed by atoms with Crippen LogP contribution in [0.1, 0.15) is 31.7 Å². The molecule has 1 aliphatic heterocycles. The molecule has 25 heavy (non-hydrogen) atoms. The molecule has 1 aromatic carbocycles. The Labute approximate surface area is 160 Å². The highest BCUT2D eigenvalue weighted by atomic mass is 35.5. The molecule has 5 nitrogen and oxygen atoms in total. The number of carbonyl (C=O) groups is 2. The van der Waals surface area contributed by atoms with Crippen molar-refractivity contribution in [2.24, 2.45) is 0 Å². The predicted molar refractivity (Wildman–Crippen MR) is 107 cm³/mol. The number of likely N-dealkylation sites (tertiary alicyclic amines) is 1. The number of thioether (sulfide) groups is 1. The summed E-state index contributed by atoms with van der Waals surface area (Å²) in [6, 6.07) is 7.83. The SMILES string of the molecule is CCNCc1cccc(NC(=O)CSCC(=O)N2CCCCC2)c1.Cl. The average Bonchev–Trinajstić information content (AvgIpc) is 2.61. The Balaban J connectivity index is 0.00000312. The van der Waals surface area contributed by atoms with Crippen LogP contribution in [0.25, 0.3) is 0 Å². The van der Waals surface area contributed by atoms with Crippen LogP contribution in [0.2, 0.25) is 0 Å². The van der Waals surface area contributed by atoms with Crippen molar-refractivity contribution in [3.63, 3.8) is 0 Å². The van der Waals surface area contributed by atoms with Crippen molar-refractivity contribution in [1.82, 2.24) is 10.2 Å². The second-order valence-electron chi connectivity index (χ2n) is 5.96. The minimum atomic E-state index is -0.0629. The van der Waals surface area contributed by atoms with Gasteiger partial charge in [-0.2, -0.15) is 0 Å². The van der Waals surface area contributed by atoms with Crippen LogP contribution in [-0.4, -0.2) is 47.9 Å². The van der Waals surface area contributed by atoms with E-state index in [1.165, 1.54) is 18.2 Å². The molecule has 0 aromatic heterocycles. The van der Waals surface area contributed by atoms with Gasteiger partial charge in [0.1, 0.15) is 0 Å². The lowest BCUT2D eigenvalue weighted by Gasteiger charge is -2.26. The first kappa shape index (κ1) is 21.8. The molecule has 0 unspecified atom stereocenters. The van der Waals surface area contributed by atoms with Gasteiger partial charge in [0.05, 0.1) is 11.5 Å². The highest BCUT2D eigenvalue weighted by molar-refractivity contribution is 8.00. The number of rotatable bonds is 8. The van der Waals surface area contributed by atoms with Crippen molar-refractivity contribution in [1.29, 1.82) is 0 Å². The molecule has 0 atom stereocenters. The molecule has 7 heteroatoms. The number of anilines is 1. The number of amides is 2. The first-order valence-electron chi connectivity index (χ1n) is 8.64. The highest BCUT2D eigenvalue weighted by Crippen LogP contribution is 2.13. The van der Waals surface area contributed by atoms with Gasteiger partial charge in [0.25, 0.3) is 0 Å². The molecular weight excluding hydrogens is 358 g/mol. The second kappa shape index (κ2) is 12.2. The van der Waals surface area contributed by atoms with E-state index in [1.807, 2.05) is 29.2 Å². The Kier molecular flexibility index (Phi) is 10.6. The van der Waals surface area contributed by atoms with Gasteiger partial charge in [-0.1, -0.05) is 19.1 Å². The van der Waals surface area contributed by atoms with Gasteiger partial charge in [-0.15, -0.1) is 24.2 Å². The third-order valence-electron chi connectivity index (χ3n) is 3.96. The number of piperidine rings is 1. The fourth-order valence-corrected chi connectivity index (χ4v) is 3.41. The maximum absolute atomic E-state index is 12.0. The summed E-state index contributed by atoms with van der Waals surface area (Å²) in [5.74, 6) is 0.775. The molecule has 1 heterocycles. The van der Waals surface area contributed by atoms with E-state index in [1.54, 1.807) is 0 Å². The molecular formula is C18H28ClN3O2S. The summed E-state index contributed by atoms with van der Waals surface area (Å²) in [5.41, 5.74) is 1.95. The van der Waals surface area contributed by atoms with Gasteiger partial charge in [-0.05, 0) is 43.5 Å². The number of hydrogen-bond donors (Lipinski definition) is 2. The Hall–Kier alpha value is -1.24. The fraction of sp³-hybridized carbons (Fsp3) is 0.556. The van der Waals surface area contributed by atoms with Crippen LogP contribution < -0.4 is 10.6 Å². The molecule has 0 saturated carbocycles. The number of nitrogens with one attached hydrogen (secondary N) is 2. The summed E-state index contributed by atoms with van der Waals surface area (Å²) in [7, 11) is 0. The lowest BCUT2D eigenvalue weighted by Crippen LogP contribution is -2.37. The normalized spacial score (nSPS) is 13.9. The number of nitrogens with zero attached hydrogens (tertiary/aromatic N) is 1. The van der Waals surface area contributed by atoms with Crippen molar-refractivity contribution >= 4 is 41.7 Å². The smallest absolute Gasteiger partial charge is 0.234 e. The van der Waals surface area contributed by atoms with Gasteiger partial charge in [-0.25, -0.2) is 0 Å². The van der Waals surface area contributed by atoms with E-state index in [9.17, 15) is 9.59 Å². The first-order valence-corrected chi connectivity index (χ1v) is 9.79. The van der Waals surface area contributed by atoms with Crippen molar-refractivity contribution in [3.8, 4) is 0 Å². The fourth-order valence-electron chi connectivity index (χ4n) is 2.69. The summed E-state index contributed by atoms with van der Waals surface area (Å²) in [4.78, 5) is 26.0. The second-order valence-corrected chi connectivity index (χ2v) is 6.95. The van der Waals surface area contributed by atoms with E-state index in [4.69, 9.17) is 0 Å². The lowest BCUT2D eigenvalue weighted by molar-refractivity contribution is -0.129. The maximum Gasteiger partial charge on any atom is 0.234 e. The van der Waals surface area contributed by atoms with Crippen LogP contribution in [0.15, 0.2) is 24.3 Å². The molecule has 0 bridgehead atoms. The molecule has 2 rings (SSSR count). The largest absolute Gasteiger partial charge is 0.342 e. The Morgan fingerprint density at radius 1 is 1.16 bits per heavy atom. The van der Waals surface area contributed by atoms with E-state index in [2.05, 4.69) is 17.6 Å². The van der Waals surface area contributed by atoms with Crippen LogP contribution in [0, 0.1) is 0 Å². The van der Waals surface area contributed by atoms with E-state index in [0.717, 1.165) is 50.3 Å². The Bertz CT molecular complexity index is 551. The maximum atomic E-state index is 12.0. The number of hydrogen-bond acceptors (Lipinski definition) is 4. The van der Waals surface area contributed by atoms with Crippen LogP contribution in [0.5, 0.6) is 0 Å². The van der Waals surface area contributed by atoms with Crippen molar-refractivity contribution in [2.75, 3.05) is 36.5 Å². The zero-order chi connectivity index (χ0) is 17.2. The molecule has 1 aliphatic rings. The van der Waals surface area contributed by atoms with Gasteiger partial charge >= 0.3 is 0 Å². The monoisotopic (exact) mass is 385 g/mol. The summed E-state index contributed by atoms with van der Waals surface area (Å²) >= 11 is 1.38. The molecule has 0 aliphatic carbocycles. The van der Waals surface area contributed by atoms with E-state index in [0.29, 0.717) is 11.5 Å². The average molecular weight is 386 g/mol. The molecule has 2 amide bonds. The molecule has 2 N–H and O–H groups in total. The standard InChI is InChI=1S/C18H27N3O2S.ClH/c1-2-19-12-15-7-6-8-16(11-15)20-17(22)13-24-14-18(23)21-9-4-3-5-10-21;/h6-8,11,19H,2-5,9-10,12-14H2,1H3,(H,20,22);1H. The molecule has 140 valence electrons. The van der Waals surface area contributed by atoms with Crippen LogP contribution >= 0.6 is 24.2 Å². The van der Waals surface area contributed by atoms with Gasteiger partial charge in [0.15, 0.2) is 0 Å². The van der Waals surface area contributed by atoms with Gasteiger partial charge in [0, 0.05) is 25.3 Å². The van der Waals surface area contributed by atoms with Gasteiger partial charge < -0.3 is 15.5 Å². The summed E-state index contributed by atoms with van der Waals surface area (Å²) in [6.07, 6.45) is 3.41. The van der Waals surface area contributed by atoms with Gasteiger partial charge in [0.2, 0.25) is 11.8 Å². The number of carbonyl (C=O) groups excluding carboxylic acids is 2. The molecule has 1 saturated heterocycles. The zero-order valence-electron chi connectivity index (χ0n) is 14.8. The van der Waals surface area contributed by atoms with Crippen molar-refractivity contribution < 1.29 is 9.59 Å². The van der Waals surface area contributed by atoms with Crippen molar-refractivity contribution in [2.45, 2.75) is 32.7 Å². The summed E-state index contributed by atoms with van der Waals surface area (Å²) in [5, 5.41) is 6.16. The van der Waals surface area contributed by atoms with E-state index < -0.39 is 0 Å². The molecule has 0 radical (unpaired) electrons. The topological polar surface area (TPSA) is 61.4 Å². The minimum Gasteiger partial charge on any atom is -0.342 e. The Morgan fingerprint density at radius 2 is 1.92 bits per heavy atom. The Morgan fingerprint density at radius 3 is 2.64 bits per heavy atom. The third-order valence-corrected chi connectivity index (χ3v) is 4.87. The van der Waals surface area contributed by atoms with Crippen molar-refractivity contribution in [3.05, 3.63) is 29.8 Å². The zero-order valence-corrected chi connectivity index (χ0v) is 16.4. The number of halogens is 1. The summed E-state index contributed by atoms with van der Waals surface area (Å²) in [6.45, 7) is 5.50. The molecule has 0 spiro atoms. The first-order chi connectivity index (χ1) is 11.7. The molecule has 1 fully saturated rings. The highest BCUT2D eigenvalue weighted by Gasteiger charge is 2.16. The van der Waals surface area contributed by atoms with E-state index >= 15 is 0 Å². The predicted octanol–water partition coefficient (Wildman–Crippen LogP) is 2.90. The van der Waals surface area contributed by atoms with E-state index in [-0.39, 0.29) is 24.2 Å².